The van der Waals surface area contributed by atoms with E-state index in [4.69, 9.17) is 0 Å². The molecule has 2 amide bonds. The molecule has 4 nitrogen and oxygen atoms in total. The Kier molecular flexibility index (Phi) is 4.45. The molecule has 124 valence electrons. The average Bonchev–Trinajstić information content (AvgIpc) is 2.60. The fourth-order valence-electron chi connectivity index (χ4n) is 3.42. The molecule has 0 saturated carbocycles. The molecule has 1 aliphatic heterocycles. The lowest BCUT2D eigenvalue weighted by molar-refractivity contribution is -0.142. The molecule has 2 aromatic rings. The fraction of sp³-hybridized carbons (Fsp3) is 0.263. The Bertz CT molecular complexity index is 805. The Hall–Kier alpha value is -2.14. The molecule has 0 spiro atoms. The van der Waals surface area contributed by atoms with Gasteiger partial charge in [-0.2, -0.15) is 0 Å². The number of fused-ring (bicyclic) bond motifs is 1. The molecule has 5 heteroatoms. The molecule has 1 aliphatic rings. The van der Waals surface area contributed by atoms with E-state index < -0.39 is 5.41 Å². The monoisotopic (exact) mass is 386 g/mol. The minimum absolute atomic E-state index is 0.170. The van der Waals surface area contributed by atoms with E-state index in [-0.39, 0.29) is 11.8 Å². The zero-order valence-electron chi connectivity index (χ0n) is 13.7. The van der Waals surface area contributed by atoms with Gasteiger partial charge < -0.3 is 10.2 Å². The van der Waals surface area contributed by atoms with Crippen LogP contribution >= 0.6 is 15.9 Å². The number of hydrogen-bond acceptors (Lipinski definition) is 2. The predicted octanol–water partition coefficient (Wildman–Crippen LogP) is 2.94. The van der Waals surface area contributed by atoms with Crippen LogP contribution in [-0.4, -0.2) is 25.9 Å². The number of carbonyl (C=O) groups is 2. The Morgan fingerprint density at radius 3 is 2.58 bits per heavy atom. The summed E-state index contributed by atoms with van der Waals surface area (Å²) in [6.45, 7) is 0. The fourth-order valence-corrected chi connectivity index (χ4v) is 3.85. The van der Waals surface area contributed by atoms with Crippen LogP contribution in [0, 0.1) is 5.41 Å². The summed E-state index contributed by atoms with van der Waals surface area (Å²) in [5.41, 5.74) is 1.69. The lowest BCUT2D eigenvalue weighted by Gasteiger charge is -2.40. The summed E-state index contributed by atoms with van der Waals surface area (Å²) in [5, 5.41) is 2.70. The third-order valence-electron chi connectivity index (χ3n) is 4.67. The summed E-state index contributed by atoms with van der Waals surface area (Å²) in [7, 11) is 3.32. The highest BCUT2D eigenvalue weighted by Gasteiger charge is 2.50. The molecule has 1 heterocycles. The lowest BCUT2D eigenvalue weighted by Crippen LogP contribution is -2.56. The Morgan fingerprint density at radius 2 is 1.88 bits per heavy atom. The Morgan fingerprint density at radius 1 is 1.21 bits per heavy atom. The maximum atomic E-state index is 13.2. The molecule has 0 aromatic heterocycles. The van der Waals surface area contributed by atoms with E-state index >= 15 is 0 Å². The number of benzene rings is 2. The maximum Gasteiger partial charge on any atom is 0.243 e. The molecule has 1 atom stereocenters. The smallest absolute Gasteiger partial charge is 0.243 e. The van der Waals surface area contributed by atoms with Gasteiger partial charge in [0.15, 0.2) is 0 Å². The van der Waals surface area contributed by atoms with Crippen LogP contribution in [0.25, 0.3) is 0 Å². The van der Waals surface area contributed by atoms with Crippen molar-refractivity contribution in [2.75, 3.05) is 19.0 Å². The van der Waals surface area contributed by atoms with Crippen molar-refractivity contribution in [1.29, 1.82) is 0 Å². The summed E-state index contributed by atoms with van der Waals surface area (Å²) in [6.07, 6.45) is 0.749. The molecule has 1 N–H and O–H groups in total. The number of nitrogens with zero attached hydrogens (tertiary/aromatic N) is 1. The highest BCUT2D eigenvalue weighted by atomic mass is 79.9. The summed E-state index contributed by atoms with van der Waals surface area (Å²) in [6, 6.07) is 15.5. The highest BCUT2D eigenvalue weighted by Crippen LogP contribution is 2.40. The second-order valence-corrected chi connectivity index (χ2v) is 6.95. The van der Waals surface area contributed by atoms with Crippen LogP contribution in [0.1, 0.15) is 11.1 Å². The van der Waals surface area contributed by atoms with Gasteiger partial charge in [0.05, 0.1) is 0 Å². The number of halogens is 1. The van der Waals surface area contributed by atoms with E-state index in [0.717, 1.165) is 21.3 Å². The van der Waals surface area contributed by atoms with Crippen molar-refractivity contribution in [1.82, 2.24) is 5.32 Å². The standard InChI is InChI=1S/C19H19BrN2O2/c1-21-17(23)19(11-13-7-3-5-9-15(13)20)12-14-8-4-6-10-16(14)22(2)18(19)24/h3-10H,11-12H2,1-2H3,(H,21,23)/t19-/m0/s1. The summed E-state index contributed by atoms with van der Waals surface area (Å²) < 4.78 is 0.905. The Balaban J connectivity index is 2.12. The first-order chi connectivity index (χ1) is 11.5. The molecule has 0 unspecified atom stereocenters. The minimum Gasteiger partial charge on any atom is -0.358 e. The summed E-state index contributed by atoms with van der Waals surface area (Å²) in [4.78, 5) is 27.6. The summed E-state index contributed by atoms with van der Waals surface area (Å²) in [5.74, 6) is -0.416. The molecule has 0 radical (unpaired) electrons. The van der Waals surface area contributed by atoms with Gasteiger partial charge in [0.2, 0.25) is 11.8 Å². The van der Waals surface area contributed by atoms with Gasteiger partial charge in [0, 0.05) is 24.3 Å². The average molecular weight is 387 g/mol. The number of para-hydroxylation sites is 1. The van der Waals surface area contributed by atoms with Crippen molar-refractivity contribution in [3.05, 3.63) is 64.1 Å². The number of rotatable bonds is 3. The number of anilines is 1. The van der Waals surface area contributed by atoms with Crippen LogP contribution in [0.2, 0.25) is 0 Å². The zero-order chi connectivity index (χ0) is 17.3. The second-order valence-electron chi connectivity index (χ2n) is 6.10. The van der Waals surface area contributed by atoms with E-state index in [1.165, 1.54) is 0 Å². The van der Waals surface area contributed by atoms with Crippen molar-refractivity contribution >= 4 is 33.4 Å². The molecule has 0 aliphatic carbocycles. The van der Waals surface area contributed by atoms with Crippen molar-refractivity contribution < 1.29 is 9.59 Å². The first-order valence-corrected chi connectivity index (χ1v) is 8.60. The number of nitrogens with one attached hydrogen (secondary N) is 1. The van der Waals surface area contributed by atoms with Gasteiger partial charge in [0.25, 0.3) is 0 Å². The van der Waals surface area contributed by atoms with Crippen LogP contribution in [-0.2, 0) is 22.4 Å². The predicted molar refractivity (Wildman–Crippen MR) is 97.9 cm³/mol. The van der Waals surface area contributed by atoms with E-state index in [1.54, 1.807) is 19.0 Å². The molecule has 24 heavy (non-hydrogen) atoms. The number of amides is 2. The SMILES string of the molecule is CNC(=O)[C@]1(Cc2ccccc2Br)Cc2ccccc2N(C)C1=O. The largest absolute Gasteiger partial charge is 0.358 e. The molecule has 0 bridgehead atoms. The first kappa shape index (κ1) is 16.7. The molecule has 2 aromatic carbocycles. The van der Waals surface area contributed by atoms with Crippen LogP contribution < -0.4 is 10.2 Å². The third kappa shape index (κ3) is 2.63. The van der Waals surface area contributed by atoms with Crippen molar-refractivity contribution in [3.8, 4) is 0 Å². The molecular weight excluding hydrogens is 368 g/mol. The topological polar surface area (TPSA) is 49.4 Å². The third-order valence-corrected chi connectivity index (χ3v) is 5.44. The van der Waals surface area contributed by atoms with Crippen molar-refractivity contribution in [2.24, 2.45) is 5.41 Å². The summed E-state index contributed by atoms with van der Waals surface area (Å²) >= 11 is 3.53. The van der Waals surface area contributed by atoms with Gasteiger partial charge in [-0.15, -0.1) is 0 Å². The van der Waals surface area contributed by atoms with E-state index in [1.807, 2.05) is 48.5 Å². The number of carbonyl (C=O) groups excluding carboxylic acids is 2. The van der Waals surface area contributed by atoms with E-state index in [2.05, 4.69) is 21.2 Å². The van der Waals surface area contributed by atoms with Crippen LogP contribution in [0.4, 0.5) is 5.69 Å². The molecule has 0 fully saturated rings. The van der Waals surface area contributed by atoms with Gasteiger partial charge in [0.1, 0.15) is 5.41 Å². The van der Waals surface area contributed by atoms with E-state index in [0.29, 0.717) is 12.8 Å². The second kappa shape index (κ2) is 6.40. The quantitative estimate of drug-likeness (QED) is 0.824. The van der Waals surface area contributed by atoms with Crippen molar-refractivity contribution in [2.45, 2.75) is 12.8 Å². The zero-order valence-corrected chi connectivity index (χ0v) is 15.3. The maximum absolute atomic E-state index is 13.2. The van der Waals surface area contributed by atoms with E-state index in [9.17, 15) is 9.59 Å². The van der Waals surface area contributed by atoms with Crippen LogP contribution in [0.5, 0.6) is 0 Å². The molecule has 0 saturated heterocycles. The van der Waals surface area contributed by atoms with Gasteiger partial charge in [-0.25, -0.2) is 0 Å². The normalized spacial score (nSPS) is 19.8. The van der Waals surface area contributed by atoms with Gasteiger partial charge in [-0.1, -0.05) is 52.3 Å². The molecule has 3 rings (SSSR count). The van der Waals surface area contributed by atoms with Crippen LogP contribution in [0.3, 0.4) is 0 Å². The lowest BCUT2D eigenvalue weighted by atomic mass is 9.72. The minimum atomic E-state index is -1.14. The van der Waals surface area contributed by atoms with Crippen LogP contribution in [0.15, 0.2) is 53.0 Å². The Labute approximate surface area is 150 Å². The van der Waals surface area contributed by atoms with Gasteiger partial charge in [-0.05, 0) is 36.1 Å². The van der Waals surface area contributed by atoms with Gasteiger partial charge >= 0.3 is 0 Å². The highest BCUT2D eigenvalue weighted by molar-refractivity contribution is 9.10. The number of hydrogen-bond donors (Lipinski definition) is 1. The first-order valence-electron chi connectivity index (χ1n) is 7.81. The van der Waals surface area contributed by atoms with Crippen molar-refractivity contribution in [3.63, 3.8) is 0 Å². The molecular formula is C19H19BrN2O2. The van der Waals surface area contributed by atoms with Gasteiger partial charge in [-0.3, -0.25) is 9.59 Å².